The highest BCUT2D eigenvalue weighted by Gasteiger charge is 2.36. The number of hydrogen-bond acceptors (Lipinski definition) is 1. The SMILES string of the molecule is CC1(CBr)CCNC1=O. The van der Waals surface area contributed by atoms with Crippen molar-refractivity contribution in [3.05, 3.63) is 0 Å². The number of carbonyl (C=O) groups is 1. The second-order valence-electron chi connectivity index (χ2n) is 2.70. The molecule has 2 nitrogen and oxygen atoms in total. The lowest BCUT2D eigenvalue weighted by molar-refractivity contribution is -0.125. The van der Waals surface area contributed by atoms with E-state index >= 15 is 0 Å². The van der Waals surface area contributed by atoms with Gasteiger partial charge in [-0.3, -0.25) is 4.79 Å². The standard InChI is InChI=1S/C6H10BrNO/c1-6(4-7)2-3-8-5(6)9/h2-4H2,1H3,(H,8,9). The molecule has 1 amide bonds. The van der Waals surface area contributed by atoms with Crippen LogP contribution in [0.4, 0.5) is 0 Å². The summed E-state index contributed by atoms with van der Waals surface area (Å²) in [6.07, 6.45) is 0.955. The van der Waals surface area contributed by atoms with Gasteiger partial charge in [0.2, 0.25) is 5.91 Å². The van der Waals surface area contributed by atoms with Crippen LogP contribution in [0.5, 0.6) is 0 Å². The minimum absolute atomic E-state index is 0.139. The number of carbonyl (C=O) groups excluding carboxylic acids is 1. The highest BCUT2D eigenvalue weighted by atomic mass is 79.9. The zero-order chi connectivity index (χ0) is 6.91. The van der Waals surface area contributed by atoms with Gasteiger partial charge < -0.3 is 5.32 Å². The van der Waals surface area contributed by atoms with E-state index in [9.17, 15) is 4.79 Å². The molecular formula is C6H10BrNO. The summed E-state index contributed by atoms with van der Waals surface area (Å²) >= 11 is 3.31. The average Bonchev–Trinajstić information content (AvgIpc) is 2.15. The fourth-order valence-corrected chi connectivity index (χ4v) is 1.44. The van der Waals surface area contributed by atoms with E-state index < -0.39 is 0 Å². The minimum Gasteiger partial charge on any atom is -0.356 e. The van der Waals surface area contributed by atoms with Gasteiger partial charge in [-0.1, -0.05) is 15.9 Å². The zero-order valence-electron chi connectivity index (χ0n) is 5.41. The molecule has 1 atom stereocenters. The molecule has 1 aliphatic heterocycles. The minimum atomic E-state index is -0.139. The van der Waals surface area contributed by atoms with E-state index in [4.69, 9.17) is 0 Å². The summed E-state index contributed by atoms with van der Waals surface area (Å²) in [4.78, 5) is 11.0. The molecule has 1 heterocycles. The number of amides is 1. The van der Waals surface area contributed by atoms with E-state index in [0.29, 0.717) is 0 Å². The Labute approximate surface area is 63.1 Å². The van der Waals surface area contributed by atoms with E-state index in [0.717, 1.165) is 18.3 Å². The topological polar surface area (TPSA) is 29.1 Å². The Kier molecular flexibility index (Phi) is 1.80. The van der Waals surface area contributed by atoms with Crippen LogP contribution in [0.25, 0.3) is 0 Å². The Balaban J connectivity index is 2.67. The quantitative estimate of drug-likeness (QED) is 0.614. The molecule has 0 bridgehead atoms. The first-order chi connectivity index (χ1) is 4.19. The van der Waals surface area contributed by atoms with Crippen molar-refractivity contribution in [3.63, 3.8) is 0 Å². The smallest absolute Gasteiger partial charge is 0.226 e. The maximum Gasteiger partial charge on any atom is 0.226 e. The van der Waals surface area contributed by atoms with Crippen molar-refractivity contribution >= 4 is 21.8 Å². The molecular weight excluding hydrogens is 182 g/mol. The van der Waals surface area contributed by atoms with Crippen molar-refractivity contribution in [2.75, 3.05) is 11.9 Å². The molecule has 0 saturated carbocycles. The summed E-state index contributed by atoms with van der Waals surface area (Å²) in [7, 11) is 0. The van der Waals surface area contributed by atoms with Gasteiger partial charge >= 0.3 is 0 Å². The maximum absolute atomic E-state index is 11.0. The molecule has 1 aliphatic rings. The van der Waals surface area contributed by atoms with Crippen molar-refractivity contribution < 1.29 is 4.79 Å². The van der Waals surface area contributed by atoms with Crippen LogP contribution in [0, 0.1) is 5.41 Å². The van der Waals surface area contributed by atoms with Gasteiger partial charge in [0.15, 0.2) is 0 Å². The lowest BCUT2D eigenvalue weighted by atomic mass is 9.92. The van der Waals surface area contributed by atoms with E-state index in [1.807, 2.05) is 6.92 Å². The average molecular weight is 192 g/mol. The summed E-state index contributed by atoms with van der Waals surface area (Å²) < 4.78 is 0. The normalized spacial score (nSPS) is 34.7. The molecule has 1 unspecified atom stereocenters. The van der Waals surface area contributed by atoms with Crippen LogP contribution in [0.1, 0.15) is 13.3 Å². The summed E-state index contributed by atoms with van der Waals surface area (Å²) in [5.41, 5.74) is -0.139. The molecule has 0 aromatic rings. The molecule has 52 valence electrons. The van der Waals surface area contributed by atoms with Crippen molar-refractivity contribution in [1.29, 1.82) is 0 Å². The van der Waals surface area contributed by atoms with Crippen LogP contribution < -0.4 is 5.32 Å². The van der Waals surface area contributed by atoms with E-state index in [2.05, 4.69) is 21.2 Å². The molecule has 0 aliphatic carbocycles. The fourth-order valence-electron chi connectivity index (χ4n) is 0.906. The molecule has 0 aromatic heterocycles. The fraction of sp³-hybridized carbons (Fsp3) is 0.833. The lowest BCUT2D eigenvalue weighted by Gasteiger charge is -2.14. The highest BCUT2D eigenvalue weighted by molar-refractivity contribution is 9.09. The summed E-state index contributed by atoms with van der Waals surface area (Å²) in [5, 5.41) is 3.56. The largest absolute Gasteiger partial charge is 0.356 e. The Hall–Kier alpha value is -0.0500. The molecule has 1 fully saturated rings. The van der Waals surface area contributed by atoms with E-state index in [1.165, 1.54) is 0 Å². The van der Waals surface area contributed by atoms with E-state index in [-0.39, 0.29) is 11.3 Å². The zero-order valence-corrected chi connectivity index (χ0v) is 6.99. The van der Waals surface area contributed by atoms with Crippen molar-refractivity contribution in [3.8, 4) is 0 Å². The first-order valence-corrected chi connectivity index (χ1v) is 4.15. The van der Waals surface area contributed by atoms with Crippen LogP contribution in [-0.2, 0) is 4.79 Å². The molecule has 9 heavy (non-hydrogen) atoms. The van der Waals surface area contributed by atoms with Gasteiger partial charge in [-0.05, 0) is 13.3 Å². The summed E-state index contributed by atoms with van der Waals surface area (Å²) in [5.74, 6) is 0.180. The van der Waals surface area contributed by atoms with Crippen LogP contribution in [0.3, 0.4) is 0 Å². The number of halogens is 1. The molecule has 1 rings (SSSR count). The Morgan fingerprint density at radius 1 is 1.89 bits per heavy atom. The summed E-state index contributed by atoms with van der Waals surface area (Å²) in [6.45, 7) is 2.81. The third kappa shape index (κ3) is 1.11. The van der Waals surface area contributed by atoms with Gasteiger partial charge in [0, 0.05) is 11.9 Å². The van der Waals surface area contributed by atoms with Gasteiger partial charge in [-0.25, -0.2) is 0 Å². The third-order valence-electron chi connectivity index (χ3n) is 1.81. The monoisotopic (exact) mass is 191 g/mol. The Bertz CT molecular complexity index is 137. The predicted octanol–water partition coefficient (Wildman–Crippen LogP) is 0.907. The first kappa shape index (κ1) is 7.06. The highest BCUT2D eigenvalue weighted by Crippen LogP contribution is 2.27. The molecule has 0 aromatic carbocycles. The molecule has 3 heteroatoms. The van der Waals surface area contributed by atoms with Gasteiger partial charge in [0.05, 0.1) is 5.41 Å². The molecule has 1 saturated heterocycles. The van der Waals surface area contributed by atoms with Gasteiger partial charge in [-0.15, -0.1) is 0 Å². The molecule has 0 spiro atoms. The second kappa shape index (κ2) is 2.29. The summed E-state index contributed by atoms with van der Waals surface area (Å²) in [6, 6.07) is 0. The Morgan fingerprint density at radius 3 is 2.78 bits per heavy atom. The van der Waals surface area contributed by atoms with Gasteiger partial charge in [0.1, 0.15) is 0 Å². The lowest BCUT2D eigenvalue weighted by Crippen LogP contribution is -2.29. The van der Waals surface area contributed by atoms with E-state index in [1.54, 1.807) is 0 Å². The maximum atomic E-state index is 11.0. The van der Waals surface area contributed by atoms with Crippen molar-refractivity contribution in [2.45, 2.75) is 13.3 Å². The number of hydrogen-bond donors (Lipinski definition) is 1. The van der Waals surface area contributed by atoms with Gasteiger partial charge in [-0.2, -0.15) is 0 Å². The van der Waals surface area contributed by atoms with Crippen LogP contribution in [0.2, 0.25) is 0 Å². The van der Waals surface area contributed by atoms with Crippen molar-refractivity contribution in [2.24, 2.45) is 5.41 Å². The van der Waals surface area contributed by atoms with Crippen LogP contribution >= 0.6 is 15.9 Å². The third-order valence-corrected chi connectivity index (χ3v) is 3.04. The molecule has 0 radical (unpaired) electrons. The Morgan fingerprint density at radius 2 is 2.56 bits per heavy atom. The predicted molar refractivity (Wildman–Crippen MR) is 39.5 cm³/mol. The number of rotatable bonds is 1. The van der Waals surface area contributed by atoms with Crippen LogP contribution in [-0.4, -0.2) is 17.8 Å². The second-order valence-corrected chi connectivity index (χ2v) is 3.26. The first-order valence-electron chi connectivity index (χ1n) is 3.03. The van der Waals surface area contributed by atoms with Crippen molar-refractivity contribution in [1.82, 2.24) is 5.32 Å². The van der Waals surface area contributed by atoms with Crippen LogP contribution in [0.15, 0.2) is 0 Å². The molecule has 1 N–H and O–H groups in total. The number of nitrogens with one attached hydrogen (secondary N) is 1. The number of alkyl halides is 1. The van der Waals surface area contributed by atoms with Gasteiger partial charge in [0.25, 0.3) is 0 Å².